The largest absolute Gasteiger partial charge is 0.381 e. The van der Waals surface area contributed by atoms with Crippen LogP contribution in [0, 0.1) is 17.8 Å². The van der Waals surface area contributed by atoms with Gasteiger partial charge in [0.05, 0.1) is 12.4 Å². The van der Waals surface area contributed by atoms with Crippen molar-refractivity contribution in [3.63, 3.8) is 0 Å². The molecule has 0 aromatic heterocycles. The van der Waals surface area contributed by atoms with Crippen LogP contribution < -0.4 is 5.14 Å². The molecule has 0 aliphatic heterocycles. The lowest BCUT2D eigenvalue weighted by Crippen LogP contribution is -2.30. The maximum Gasteiger partial charge on any atom is 0.209 e. The predicted molar refractivity (Wildman–Crippen MR) is 73.7 cm³/mol. The zero-order valence-electron chi connectivity index (χ0n) is 11.6. The van der Waals surface area contributed by atoms with Crippen molar-refractivity contribution in [3.05, 3.63) is 0 Å². The first kappa shape index (κ1) is 15.9. The average Bonchev–Trinajstić information content (AvgIpc) is 2.27. The lowest BCUT2D eigenvalue weighted by atomic mass is 9.90. The Hall–Kier alpha value is -0.130. The Morgan fingerprint density at radius 1 is 1.22 bits per heavy atom. The molecule has 1 atom stereocenters. The molecule has 0 radical (unpaired) electrons. The van der Waals surface area contributed by atoms with Crippen LogP contribution in [0.15, 0.2) is 0 Å². The van der Waals surface area contributed by atoms with Crippen molar-refractivity contribution in [3.8, 4) is 0 Å². The van der Waals surface area contributed by atoms with Crippen molar-refractivity contribution < 1.29 is 13.2 Å². The van der Waals surface area contributed by atoms with Crippen molar-refractivity contribution in [2.75, 3.05) is 19.0 Å². The van der Waals surface area contributed by atoms with E-state index in [0.717, 1.165) is 6.61 Å². The molecular weight excluding hydrogens is 250 g/mol. The van der Waals surface area contributed by atoms with Gasteiger partial charge in [-0.3, -0.25) is 0 Å². The highest BCUT2D eigenvalue weighted by Gasteiger charge is 2.21. The van der Waals surface area contributed by atoms with Gasteiger partial charge in [-0.1, -0.05) is 33.1 Å². The molecule has 0 aromatic rings. The van der Waals surface area contributed by atoms with E-state index in [1.165, 1.54) is 32.1 Å². The summed E-state index contributed by atoms with van der Waals surface area (Å²) in [7, 11) is -3.40. The van der Waals surface area contributed by atoms with Gasteiger partial charge in [0.25, 0.3) is 0 Å². The second-order valence-corrected chi connectivity index (χ2v) is 7.53. The first-order valence-electron chi connectivity index (χ1n) is 6.96. The van der Waals surface area contributed by atoms with Gasteiger partial charge in [-0.15, -0.1) is 0 Å². The zero-order valence-corrected chi connectivity index (χ0v) is 12.4. The van der Waals surface area contributed by atoms with E-state index >= 15 is 0 Å². The maximum atomic E-state index is 11.1. The Labute approximate surface area is 111 Å². The molecule has 0 bridgehead atoms. The third-order valence-electron chi connectivity index (χ3n) is 3.80. The normalized spacial score (nSPS) is 20.2. The molecular formula is C13H27NO3S. The van der Waals surface area contributed by atoms with Crippen molar-refractivity contribution in [1.82, 2.24) is 0 Å². The lowest BCUT2D eigenvalue weighted by molar-refractivity contribution is 0.0545. The van der Waals surface area contributed by atoms with Crippen molar-refractivity contribution in [2.45, 2.75) is 46.0 Å². The average molecular weight is 277 g/mol. The van der Waals surface area contributed by atoms with Gasteiger partial charge in [0.15, 0.2) is 0 Å². The number of sulfonamides is 1. The van der Waals surface area contributed by atoms with Gasteiger partial charge in [-0.25, -0.2) is 13.6 Å². The van der Waals surface area contributed by atoms with Crippen molar-refractivity contribution >= 4 is 10.0 Å². The molecule has 1 saturated carbocycles. The minimum atomic E-state index is -3.40. The Kier molecular flexibility index (Phi) is 6.60. The monoisotopic (exact) mass is 277 g/mol. The standard InChI is InChI=1S/C13H27NO3S/c1-11(2)13(10-18(14,15)16)9-17-8-12-6-4-3-5-7-12/h11-13H,3-10H2,1-2H3,(H2,14,15,16). The van der Waals surface area contributed by atoms with E-state index in [1.807, 2.05) is 13.8 Å². The molecule has 5 heteroatoms. The number of ether oxygens (including phenoxy) is 1. The van der Waals surface area contributed by atoms with E-state index in [9.17, 15) is 8.42 Å². The van der Waals surface area contributed by atoms with Crippen molar-refractivity contribution in [2.24, 2.45) is 22.9 Å². The Balaban J connectivity index is 2.28. The summed E-state index contributed by atoms with van der Waals surface area (Å²) in [6, 6.07) is 0. The molecule has 108 valence electrons. The zero-order chi connectivity index (χ0) is 13.6. The van der Waals surface area contributed by atoms with Crippen molar-refractivity contribution in [1.29, 1.82) is 0 Å². The van der Waals surface area contributed by atoms with Gasteiger partial charge < -0.3 is 4.74 Å². The van der Waals surface area contributed by atoms with Crippen LogP contribution in [0.1, 0.15) is 46.0 Å². The molecule has 0 spiro atoms. The number of nitrogens with two attached hydrogens (primary N) is 1. The van der Waals surface area contributed by atoms with Gasteiger partial charge in [-0.2, -0.15) is 0 Å². The summed E-state index contributed by atoms with van der Waals surface area (Å²) >= 11 is 0. The van der Waals surface area contributed by atoms with E-state index in [-0.39, 0.29) is 17.6 Å². The van der Waals surface area contributed by atoms with Crippen LogP contribution in [-0.2, 0) is 14.8 Å². The second kappa shape index (κ2) is 7.46. The number of primary sulfonamides is 1. The van der Waals surface area contributed by atoms with Gasteiger partial charge in [-0.05, 0) is 30.6 Å². The topological polar surface area (TPSA) is 69.4 Å². The van der Waals surface area contributed by atoms with Crippen LogP contribution in [0.4, 0.5) is 0 Å². The number of rotatable bonds is 7. The molecule has 0 amide bonds. The van der Waals surface area contributed by atoms with Gasteiger partial charge in [0.1, 0.15) is 0 Å². The summed E-state index contributed by atoms with van der Waals surface area (Å²) in [5, 5.41) is 5.11. The van der Waals surface area contributed by atoms with Crippen LogP contribution in [-0.4, -0.2) is 27.4 Å². The van der Waals surface area contributed by atoms with E-state index in [0.29, 0.717) is 12.5 Å². The molecule has 1 fully saturated rings. The van der Waals surface area contributed by atoms with Crippen LogP contribution in [0.2, 0.25) is 0 Å². The SMILES string of the molecule is CC(C)C(COCC1CCCCC1)CS(N)(=O)=O. The summed E-state index contributed by atoms with van der Waals surface area (Å²) in [6.07, 6.45) is 6.46. The summed E-state index contributed by atoms with van der Waals surface area (Å²) in [6.45, 7) is 5.30. The highest BCUT2D eigenvalue weighted by atomic mass is 32.2. The minimum absolute atomic E-state index is 0.00332. The Morgan fingerprint density at radius 2 is 1.83 bits per heavy atom. The quantitative estimate of drug-likeness (QED) is 0.775. The fraction of sp³-hybridized carbons (Fsp3) is 1.00. The molecule has 18 heavy (non-hydrogen) atoms. The van der Waals surface area contributed by atoms with E-state index in [2.05, 4.69) is 0 Å². The van der Waals surface area contributed by atoms with E-state index in [4.69, 9.17) is 9.88 Å². The Bertz CT molecular complexity index is 321. The summed E-state index contributed by atoms with van der Waals surface area (Å²) < 4.78 is 28.0. The Morgan fingerprint density at radius 3 is 2.33 bits per heavy atom. The maximum absolute atomic E-state index is 11.1. The van der Waals surface area contributed by atoms with Gasteiger partial charge >= 0.3 is 0 Å². The van der Waals surface area contributed by atoms with Crippen LogP contribution in [0.5, 0.6) is 0 Å². The fourth-order valence-electron chi connectivity index (χ4n) is 2.47. The fourth-order valence-corrected chi connectivity index (χ4v) is 3.55. The summed E-state index contributed by atoms with van der Waals surface area (Å²) in [5.74, 6) is 0.967. The van der Waals surface area contributed by atoms with Crippen LogP contribution in [0.25, 0.3) is 0 Å². The smallest absolute Gasteiger partial charge is 0.209 e. The van der Waals surface area contributed by atoms with Crippen LogP contribution >= 0.6 is 0 Å². The third-order valence-corrected chi connectivity index (χ3v) is 4.69. The third kappa shape index (κ3) is 6.71. The molecule has 4 nitrogen and oxygen atoms in total. The van der Waals surface area contributed by atoms with E-state index in [1.54, 1.807) is 0 Å². The molecule has 1 unspecified atom stereocenters. The van der Waals surface area contributed by atoms with Gasteiger partial charge in [0.2, 0.25) is 10.0 Å². The molecule has 2 N–H and O–H groups in total. The molecule has 0 saturated heterocycles. The van der Waals surface area contributed by atoms with E-state index < -0.39 is 10.0 Å². The van der Waals surface area contributed by atoms with Gasteiger partial charge in [0, 0.05) is 6.61 Å². The number of hydrogen-bond donors (Lipinski definition) is 1. The first-order chi connectivity index (χ1) is 8.38. The molecule has 1 aliphatic carbocycles. The summed E-state index contributed by atoms with van der Waals surface area (Å²) in [5.41, 5.74) is 0. The molecule has 0 aromatic carbocycles. The molecule has 1 aliphatic rings. The first-order valence-corrected chi connectivity index (χ1v) is 8.68. The highest BCUT2D eigenvalue weighted by molar-refractivity contribution is 7.89. The lowest BCUT2D eigenvalue weighted by Gasteiger charge is -2.24. The minimum Gasteiger partial charge on any atom is -0.381 e. The number of hydrogen-bond acceptors (Lipinski definition) is 3. The second-order valence-electron chi connectivity index (χ2n) is 5.88. The highest BCUT2D eigenvalue weighted by Crippen LogP contribution is 2.24. The molecule has 1 rings (SSSR count). The van der Waals surface area contributed by atoms with Crippen LogP contribution in [0.3, 0.4) is 0 Å². The predicted octanol–water partition coefficient (Wildman–Crippen LogP) is 2.14. The summed E-state index contributed by atoms with van der Waals surface area (Å²) in [4.78, 5) is 0. The molecule has 0 heterocycles.